The quantitative estimate of drug-likeness (QED) is 0.110. The molecule has 0 aromatic heterocycles. The summed E-state index contributed by atoms with van der Waals surface area (Å²) in [5.41, 5.74) is -1.92. The lowest BCUT2D eigenvalue weighted by molar-refractivity contribution is -0.349. The Morgan fingerprint density at radius 1 is 0.750 bits per heavy atom. The second-order valence-corrected chi connectivity index (χ2v) is 20.2. The lowest BCUT2D eigenvalue weighted by Gasteiger charge is -2.72. The van der Waals surface area contributed by atoms with Crippen molar-refractivity contribution in [2.75, 3.05) is 13.2 Å². The highest BCUT2D eigenvalue weighted by molar-refractivity contribution is 5.22. The van der Waals surface area contributed by atoms with Gasteiger partial charge >= 0.3 is 0 Å². The molecule has 0 aromatic carbocycles. The summed E-state index contributed by atoms with van der Waals surface area (Å²) < 4.78 is 25.4. The van der Waals surface area contributed by atoms with Gasteiger partial charge in [-0.05, 0) is 117 Å². The molecule has 0 amide bonds. The molecule has 2 heterocycles. The van der Waals surface area contributed by atoms with Gasteiger partial charge in [0.15, 0.2) is 12.6 Å². The van der Waals surface area contributed by atoms with Crippen LogP contribution in [0.4, 0.5) is 0 Å². The topological polar surface area (TPSA) is 239 Å². The first-order chi connectivity index (χ1) is 26.0. The van der Waals surface area contributed by atoms with Gasteiger partial charge in [-0.15, -0.1) is 0 Å². The van der Waals surface area contributed by atoms with E-state index in [2.05, 4.69) is 26.8 Å². The summed E-state index contributed by atoms with van der Waals surface area (Å²) in [4.78, 5) is 0. The molecule has 4 saturated carbocycles. The maximum Gasteiger partial charge on any atom is 0.187 e. The Morgan fingerprint density at radius 2 is 1.32 bits per heavy atom. The summed E-state index contributed by atoms with van der Waals surface area (Å²) in [5.74, 6) is -0.781. The van der Waals surface area contributed by atoms with E-state index in [1.807, 2.05) is 34.6 Å². The molecule has 324 valence electrons. The molecule has 0 spiro atoms. The SMILES string of the molecule is CC(C)=CCC[C@@](C)(O[C@H]1O[C@@H](CO)[C@H](O)[C@@H](O)[C@@H]1O)[C@@H]1CC[C@@]2(C)[C@H]1[C@@H](O)C[C@H]1[C@@]3(C)CC[C@@H](O)C(C)(C)[C@H]3[C@H](O[C@@H]3O[C@H](CO)[C@@H](O)[C@H](O)[C@@H]3O)C[C@]12C. The van der Waals surface area contributed by atoms with Gasteiger partial charge in [0.1, 0.15) is 48.8 Å². The van der Waals surface area contributed by atoms with Crippen LogP contribution in [0.1, 0.15) is 107 Å². The number of aliphatic hydroxyl groups is 10. The molecule has 0 radical (unpaired) electrons. The van der Waals surface area contributed by atoms with E-state index in [-0.39, 0.29) is 23.7 Å². The van der Waals surface area contributed by atoms with Crippen molar-refractivity contribution in [2.45, 2.75) is 192 Å². The molecular weight excluding hydrogens is 728 g/mol. The fourth-order valence-corrected chi connectivity index (χ4v) is 13.5. The minimum atomic E-state index is -1.61. The Morgan fingerprint density at radius 3 is 1.89 bits per heavy atom. The van der Waals surface area contributed by atoms with Crippen LogP contribution in [0, 0.1) is 45.3 Å². The van der Waals surface area contributed by atoms with Gasteiger partial charge in [0.2, 0.25) is 0 Å². The Hall–Kier alpha value is -0.820. The van der Waals surface area contributed by atoms with Crippen LogP contribution in [0.15, 0.2) is 11.6 Å². The zero-order valence-corrected chi connectivity index (χ0v) is 34.6. The number of hydrogen-bond donors (Lipinski definition) is 10. The first-order valence-corrected chi connectivity index (χ1v) is 21.0. The third kappa shape index (κ3) is 7.06. The third-order valence-electron chi connectivity index (χ3n) is 16.6. The van der Waals surface area contributed by atoms with Crippen molar-refractivity contribution in [2.24, 2.45) is 45.3 Å². The zero-order chi connectivity index (χ0) is 41.5. The van der Waals surface area contributed by atoms with E-state index in [1.54, 1.807) is 0 Å². The fourth-order valence-electron chi connectivity index (χ4n) is 13.5. The lowest BCUT2D eigenvalue weighted by atomic mass is 9.34. The number of allylic oxidation sites excluding steroid dienone is 2. The second kappa shape index (κ2) is 15.9. The lowest BCUT2D eigenvalue weighted by Crippen LogP contribution is -2.71. The maximum atomic E-state index is 12.6. The normalized spacial score (nSPS) is 52.6. The standard InChI is InChI=1S/C42H72O14/c1-20(2)10-9-13-42(8,56-37-34(52)32(50)30(48)25(19-44)55-37)21-11-15-40(6)28(21)22(45)16-26-39(5)14-12-27(46)38(3,4)35(39)23(17-41(26,40)7)53-36-33(51)31(49)29(47)24(18-43)54-36/h10,21-37,43-52H,9,11-19H2,1-8H3/t21-,22+,23-,24-,25+,26+,27-,28-,29-,30+,31+,32-,33+,34+,35-,36-,37-,39-,40+,41-,42-/m1/s1. The minimum Gasteiger partial charge on any atom is -0.394 e. The molecule has 6 aliphatic rings. The van der Waals surface area contributed by atoms with Crippen LogP contribution < -0.4 is 0 Å². The van der Waals surface area contributed by atoms with Gasteiger partial charge in [-0.25, -0.2) is 0 Å². The molecule has 4 aliphatic carbocycles. The summed E-state index contributed by atoms with van der Waals surface area (Å²) in [6.07, 6.45) is -9.52. The van der Waals surface area contributed by atoms with Crippen LogP contribution in [0.25, 0.3) is 0 Å². The van der Waals surface area contributed by atoms with Crippen molar-refractivity contribution >= 4 is 0 Å². The first-order valence-electron chi connectivity index (χ1n) is 21.0. The van der Waals surface area contributed by atoms with Gasteiger partial charge in [0.25, 0.3) is 0 Å². The van der Waals surface area contributed by atoms with Crippen LogP contribution in [-0.2, 0) is 18.9 Å². The molecule has 6 fully saturated rings. The number of rotatable bonds is 10. The van der Waals surface area contributed by atoms with Crippen LogP contribution in [0.5, 0.6) is 0 Å². The number of hydrogen-bond acceptors (Lipinski definition) is 14. The van der Waals surface area contributed by atoms with E-state index >= 15 is 0 Å². The Balaban J connectivity index is 1.39. The molecule has 14 heteroatoms. The van der Waals surface area contributed by atoms with Gasteiger partial charge in [-0.1, -0.05) is 46.3 Å². The average molecular weight is 801 g/mol. The van der Waals surface area contributed by atoms with Crippen molar-refractivity contribution in [1.82, 2.24) is 0 Å². The zero-order valence-electron chi connectivity index (χ0n) is 34.6. The molecule has 0 aromatic rings. The van der Waals surface area contributed by atoms with Crippen LogP contribution in [-0.4, -0.2) is 150 Å². The summed E-state index contributed by atoms with van der Waals surface area (Å²) >= 11 is 0. The molecule has 0 unspecified atom stereocenters. The Kier molecular flexibility index (Phi) is 12.7. The predicted molar refractivity (Wildman–Crippen MR) is 202 cm³/mol. The predicted octanol–water partition coefficient (Wildman–Crippen LogP) is 1.12. The number of ether oxygens (including phenoxy) is 4. The Labute approximate surface area is 331 Å². The highest BCUT2D eigenvalue weighted by Gasteiger charge is 2.74. The van der Waals surface area contributed by atoms with Gasteiger partial charge < -0.3 is 70.0 Å². The van der Waals surface area contributed by atoms with Crippen LogP contribution >= 0.6 is 0 Å². The van der Waals surface area contributed by atoms with E-state index in [4.69, 9.17) is 18.9 Å². The first kappa shape index (κ1) is 44.7. The van der Waals surface area contributed by atoms with Crippen molar-refractivity contribution in [3.63, 3.8) is 0 Å². The minimum absolute atomic E-state index is 0.000258. The maximum absolute atomic E-state index is 12.6. The molecule has 10 N–H and O–H groups in total. The van der Waals surface area contributed by atoms with Gasteiger partial charge in [-0.3, -0.25) is 0 Å². The smallest absolute Gasteiger partial charge is 0.187 e. The molecule has 2 saturated heterocycles. The highest BCUT2D eigenvalue weighted by Crippen LogP contribution is 2.76. The third-order valence-corrected chi connectivity index (χ3v) is 16.6. The van der Waals surface area contributed by atoms with E-state index in [0.717, 1.165) is 12.0 Å². The largest absolute Gasteiger partial charge is 0.394 e. The molecule has 21 atom stereocenters. The van der Waals surface area contributed by atoms with Gasteiger partial charge in [0.05, 0.1) is 37.1 Å². The highest BCUT2D eigenvalue weighted by atomic mass is 16.7. The van der Waals surface area contributed by atoms with Crippen molar-refractivity contribution in [3.05, 3.63) is 11.6 Å². The average Bonchev–Trinajstić information content (AvgIpc) is 3.52. The second-order valence-electron chi connectivity index (χ2n) is 20.2. The van der Waals surface area contributed by atoms with Crippen molar-refractivity contribution in [1.29, 1.82) is 0 Å². The van der Waals surface area contributed by atoms with Gasteiger partial charge in [-0.2, -0.15) is 0 Å². The van der Waals surface area contributed by atoms with E-state index in [0.29, 0.717) is 44.9 Å². The molecule has 56 heavy (non-hydrogen) atoms. The monoisotopic (exact) mass is 800 g/mol. The molecule has 14 nitrogen and oxygen atoms in total. The van der Waals surface area contributed by atoms with E-state index < -0.39 is 120 Å². The van der Waals surface area contributed by atoms with Crippen LogP contribution in [0.3, 0.4) is 0 Å². The van der Waals surface area contributed by atoms with E-state index in [1.165, 1.54) is 0 Å². The fraction of sp³-hybridized carbons (Fsp3) is 0.952. The summed E-state index contributed by atoms with van der Waals surface area (Å²) in [5, 5.41) is 109. The Bertz CT molecular complexity index is 1400. The molecular formula is C42H72O14. The molecule has 0 bridgehead atoms. The number of fused-ring (bicyclic) bond motifs is 5. The van der Waals surface area contributed by atoms with Crippen LogP contribution in [0.2, 0.25) is 0 Å². The summed E-state index contributed by atoms with van der Waals surface area (Å²) in [6, 6.07) is 0. The van der Waals surface area contributed by atoms with Crippen molar-refractivity contribution in [3.8, 4) is 0 Å². The summed E-state index contributed by atoms with van der Waals surface area (Å²) in [6.45, 7) is 15.7. The summed E-state index contributed by atoms with van der Waals surface area (Å²) in [7, 11) is 0. The van der Waals surface area contributed by atoms with Crippen molar-refractivity contribution < 1.29 is 70.0 Å². The number of aliphatic hydroxyl groups excluding tert-OH is 10. The molecule has 2 aliphatic heterocycles. The molecule has 6 rings (SSSR count). The van der Waals surface area contributed by atoms with Gasteiger partial charge in [0, 0.05) is 0 Å². The van der Waals surface area contributed by atoms with E-state index in [9.17, 15) is 51.1 Å².